The highest BCUT2D eigenvalue weighted by Gasteiger charge is 2.14. The van der Waals surface area contributed by atoms with Gasteiger partial charge in [0, 0.05) is 6.54 Å². The number of amides is 1. The largest absolute Gasteiger partial charge is 0.454 e. The maximum Gasteiger partial charge on any atom is 0.231 e. The Labute approximate surface area is 164 Å². The van der Waals surface area contributed by atoms with Crippen LogP contribution in [-0.2, 0) is 11.3 Å². The van der Waals surface area contributed by atoms with Crippen molar-refractivity contribution in [2.24, 2.45) is 0 Å². The van der Waals surface area contributed by atoms with Crippen molar-refractivity contribution in [2.45, 2.75) is 11.7 Å². The molecule has 4 aromatic rings. The summed E-state index contributed by atoms with van der Waals surface area (Å²) in [6.45, 7) is 0.669. The number of benzene rings is 2. The van der Waals surface area contributed by atoms with Gasteiger partial charge < -0.3 is 14.8 Å². The molecule has 1 amide bonds. The van der Waals surface area contributed by atoms with E-state index in [9.17, 15) is 4.79 Å². The van der Waals surface area contributed by atoms with Gasteiger partial charge in [-0.2, -0.15) is 0 Å². The molecule has 0 saturated carbocycles. The van der Waals surface area contributed by atoms with Gasteiger partial charge in [-0.3, -0.25) is 9.20 Å². The van der Waals surface area contributed by atoms with Gasteiger partial charge in [0.15, 0.2) is 22.3 Å². The number of nitrogens with one attached hydrogen (secondary N) is 1. The lowest BCUT2D eigenvalue weighted by atomic mass is 10.2. The predicted octanol–water partition coefficient (Wildman–Crippen LogP) is 3.02. The van der Waals surface area contributed by atoms with E-state index in [0.29, 0.717) is 17.5 Å². The molecule has 0 bridgehead atoms. The first-order chi connectivity index (χ1) is 13.8. The summed E-state index contributed by atoms with van der Waals surface area (Å²) in [5.74, 6) is 1.63. The summed E-state index contributed by atoms with van der Waals surface area (Å²) in [4.78, 5) is 12.3. The summed E-state index contributed by atoms with van der Waals surface area (Å²) < 4.78 is 12.6. The number of aromatic nitrogens is 3. The molecule has 0 radical (unpaired) electrons. The van der Waals surface area contributed by atoms with E-state index < -0.39 is 0 Å². The Balaban J connectivity index is 1.26. The van der Waals surface area contributed by atoms with Crippen LogP contribution in [0.5, 0.6) is 11.5 Å². The fourth-order valence-corrected chi connectivity index (χ4v) is 3.92. The number of rotatable bonds is 5. The number of hydrogen-bond acceptors (Lipinski definition) is 6. The summed E-state index contributed by atoms with van der Waals surface area (Å²) in [5.41, 5.74) is 2.75. The van der Waals surface area contributed by atoms with E-state index in [1.54, 1.807) is 0 Å². The Morgan fingerprint density at radius 1 is 1.07 bits per heavy atom. The Kier molecular flexibility index (Phi) is 4.25. The molecular formula is C20H16N4O3S. The third-order valence-electron chi connectivity index (χ3n) is 4.51. The van der Waals surface area contributed by atoms with Crippen LogP contribution in [0.4, 0.5) is 0 Å². The minimum Gasteiger partial charge on any atom is -0.454 e. The number of ether oxygens (including phenoxy) is 2. The molecule has 1 N–H and O–H groups in total. The van der Waals surface area contributed by atoms with Crippen LogP contribution in [0, 0.1) is 0 Å². The monoisotopic (exact) mass is 392 g/mol. The summed E-state index contributed by atoms with van der Waals surface area (Å²) in [6, 6.07) is 17.6. The SMILES string of the molecule is O=C(CSc1nnc2ccc3ccccc3n12)NCc1ccc2c(c1)OCO2. The van der Waals surface area contributed by atoms with Crippen molar-refractivity contribution in [3.63, 3.8) is 0 Å². The van der Waals surface area contributed by atoms with Crippen molar-refractivity contribution in [1.29, 1.82) is 0 Å². The molecule has 7 nitrogen and oxygen atoms in total. The van der Waals surface area contributed by atoms with Gasteiger partial charge in [0.2, 0.25) is 12.7 Å². The first kappa shape index (κ1) is 16.9. The molecular weight excluding hydrogens is 376 g/mol. The third-order valence-corrected chi connectivity index (χ3v) is 5.44. The van der Waals surface area contributed by atoms with Gasteiger partial charge in [0.25, 0.3) is 0 Å². The molecule has 0 fully saturated rings. The smallest absolute Gasteiger partial charge is 0.231 e. The molecule has 1 aliphatic rings. The third kappa shape index (κ3) is 3.11. The van der Waals surface area contributed by atoms with Crippen molar-refractivity contribution in [1.82, 2.24) is 19.9 Å². The van der Waals surface area contributed by atoms with Gasteiger partial charge in [-0.15, -0.1) is 10.2 Å². The number of thioether (sulfide) groups is 1. The number of hydrogen-bond donors (Lipinski definition) is 1. The quantitative estimate of drug-likeness (QED) is 0.526. The summed E-state index contributed by atoms with van der Waals surface area (Å²) in [6.07, 6.45) is 0. The molecule has 0 spiro atoms. The summed E-state index contributed by atoms with van der Waals surface area (Å²) >= 11 is 1.37. The highest BCUT2D eigenvalue weighted by Crippen LogP contribution is 2.32. The summed E-state index contributed by atoms with van der Waals surface area (Å²) in [7, 11) is 0. The number of para-hydroxylation sites is 1. The molecule has 8 heteroatoms. The second kappa shape index (κ2) is 7.05. The molecule has 5 rings (SSSR count). The Hall–Kier alpha value is -3.26. The molecule has 2 aromatic carbocycles. The average Bonchev–Trinajstić information content (AvgIpc) is 3.37. The zero-order valence-electron chi connectivity index (χ0n) is 14.8. The number of fused-ring (bicyclic) bond motifs is 4. The van der Waals surface area contributed by atoms with Crippen LogP contribution in [0.1, 0.15) is 5.56 Å². The fraction of sp³-hybridized carbons (Fsp3) is 0.150. The first-order valence-corrected chi connectivity index (χ1v) is 9.77. The van der Waals surface area contributed by atoms with E-state index in [0.717, 1.165) is 27.9 Å². The van der Waals surface area contributed by atoms with E-state index in [4.69, 9.17) is 9.47 Å². The Morgan fingerprint density at radius 2 is 1.96 bits per heavy atom. The zero-order valence-corrected chi connectivity index (χ0v) is 15.6. The molecule has 1 aliphatic heterocycles. The molecule has 0 unspecified atom stereocenters. The second-order valence-corrected chi connectivity index (χ2v) is 7.26. The van der Waals surface area contributed by atoms with Crippen LogP contribution in [0.2, 0.25) is 0 Å². The van der Waals surface area contributed by atoms with Crippen molar-refractivity contribution in [3.8, 4) is 11.5 Å². The minimum atomic E-state index is -0.0698. The Morgan fingerprint density at radius 3 is 2.93 bits per heavy atom. The van der Waals surface area contributed by atoms with E-state index in [1.165, 1.54) is 11.8 Å². The van der Waals surface area contributed by atoms with Crippen molar-refractivity contribution in [3.05, 3.63) is 60.2 Å². The number of nitrogens with zero attached hydrogens (tertiary/aromatic N) is 3. The second-order valence-electron chi connectivity index (χ2n) is 6.32. The van der Waals surface area contributed by atoms with Gasteiger partial charge in [-0.1, -0.05) is 36.0 Å². The highest BCUT2D eigenvalue weighted by atomic mass is 32.2. The highest BCUT2D eigenvalue weighted by molar-refractivity contribution is 7.99. The van der Waals surface area contributed by atoms with Crippen molar-refractivity contribution < 1.29 is 14.3 Å². The maximum absolute atomic E-state index is 12.3. The molecule has 0 aliphatic carbocycles. The molecule has 140 valence electrons. The lowest BCUT2D eigenvalue weighted by molar-refractivity contribution is -0.118. The first-order valence-electron chi connectivity index (χ1n) is 8.79. The van der Waals surface area contributed by atoms with Crippen LogP contribution >= 0.6 is 11.8 Å². The molecule has 28 heavy (non-hydrogen) atoms. The van der Waals surface area contributed by atoms with Gasteiger partial charge in [0.1, 0.15) is 0 Å². The van der Waals surface area contributed by atoms with E-state index in [2.05, 4.69) is 15.5 Å². The van der Waals surface area contributed by atoms with Gasteiger partial charge in [-0.25, -0.2) is 0 Å². The predicted molar refractivity (Wildman–Crippen MR) is 106 cm³/mol. The molecule has 0 saturated heterocycles. The van der Waals surface area contributed by atoms with Gasteiger partial charge >= 0.3 is 0 Å². The average molecular weight is 392 g/mol. The minimum absolute atomic E-state index is 0.0698. The van der Waals surface area contributed by atoms with E-state index in [1.807, 2.05) is 59.0 Å². The van der Waals surface area contributed by atoms with E-state index >= 15 is 0 Å². The van der Waals surface area contributed by atoms with Crippen LogP contribution < -0.4 is 14.8 Å². The van der Waals surface area contributed by atoms with Crippen LogP contribution in [0.3, 0.4) is 0 Å². The number of carbonyl (C=O) groups is 1. The van der Waals surface area contributed by atoms with Crippen LogP contribution in [0.15, 0.2) is 59.8 Å². The molecule has 3 heterocycles. The topological polar surface area (TPSA) is 77.8 Å². The summed E-state index contributed by atoms with van der Waals surface area (Å²) in [5, 5.41) is 13.2. The molecule has 2 aromatic heterocycles. The maximum atomic E-state index is 12.3. The van der Waals surface area contributed by atoms with Crippen molar-refractivity contribution >= 4 is 34.2 Å². The van der Waals surface area contributed by atoms with Crippen molar-refractivity contribution in [2.75, 3.05) is 12.5 Å². The number of pyridine rings is 1. The molecule has 0 atom stereocenters. The van der Waals surface area contributed by atoms with E-state index in [-0.39, 0.29) is 18.5 Å². The lowest BCUT2D eigenvalue weighted by Gasteiger charge is -2.07. The standard InChI is InChI=1S/C20H16N4O3S/c25-19(21-10-13-5-7-16-17(9-13)27-12-26-16)11-28-20-23-22-18-8-6-14-3-1-2-4-15(14)24(18)20/h1-9H,10-12H2,(H,21,25). The lowest BCUT2D eigenvalue weighted by Crippen LogP contribution is -2.24. The zero-order chi connectivity index (χ0) is 18.9. The Bertz CT molecular complexity index is 1190. The van der Waals surface area contributed by atoms with Gasteiger partial charge in [-0.05, 0) is 41.3 Å². The normalized spacial score (nSPS) is 12.6. The van der Waals surface area contributed by atoms with Crippen LogP contribution in [-0.4, -0.2) is 33.1 Å². The fourth-order valence-electron chi connectivity index (χ4n) is 3.14. The van der Waals surface area contributed by atoms with Crippen LogP contribution in [0.25, 0.3) is 16.6 Å². The number of carbonyl (C=O) groups excluding carboxylic acids is 1. The van der Waals surface area contributed by atoms with Gasteiger partial charge in [0.05, 0.1) is 11.3 Å².